The Hall–Kier alpha value is -3.28. The lowest BCUT2D eigenvalue weighted by molar-refractivity contribution is -0.139. The van der Waals surface area contributed by atoms with Crippen LogP contribution in [0.3, 0.4) is 0 Å². The molecule has 0 spiro atoms. The predicted octanol–water partition coefficient (Wildman–Crippen LogP) is 3.28. The SMILES string of the molecule is Cc1cccc(C)c1Cn1c2c(c3c(OCC(=O)O)cccc31)C(C(N)=O)CC2. The molecule has 1 atom stereocenters. The average molecular weight is 392 g/mol. The molecule has 0 aliphatic heterocycles. The number of aromatic nitrogens is 1. The molecule has 0 bridgehead atoms. The Balaban J connectivity index is 1.93. The second-order valence-corrected chi connectivity index (χ2v) is 7.64. The topological polar surface area (TPSA) is 94.6 Å². The third-order valence-electron chi connectivity index (χ3n) is 5.87. The lowest BCUT2D eigenvalue weighted by Gasteiger charge is -2.15. The van der Waals surface area contributed by atoms with Crippen molar-refractivity contribution < 1.29 is 19.4 Å². The van der Waals surface area contributed by atoms with Crippen LogP contribution in [0.15, 0.2) is 36.4 Å². The van der Waals surface area contributed by atoms with Crippen LogP contribution in [0.2, 0.25) is 0 Å². The standard InChI is InChI=1S/C23H24N2O4/c1-13-5-3-6-14(2)16(13)11-25-17-7-4-8-19(29-12-20(26)27)22(17)21-15(23(24)28)9-10-18(21)25/h3-8,15H,9-12H2,1-2H3,(H2,24,28)(H,26,27). The lowest BCUT2D eigenvalue weighted by Crippen LogP contribution is -2.19. The molecule has 3 aromatic rings. The first-order chi connectivity index (χ1) is 13.9. The van der Waals surface area contributed by atoms with Crippen LogP contribution >= 0.6 is 0 Å². The summed E-state index contributed by atoms with van der Waals surface area (Å²) >= 11 is 0. The van der Waals surface area contributed by atoms with Gasteiger partial charge in [-0.05, 0) is 61.1 Å². The zero-order valence-electron chi connectivity index (χ0n) is 16.6. The number of primary amides is 1. The van der Waals surface area contributed by atoms with Gasteiger partial charge in [0, 0.05) is 17.6 Å². The normalized spacial score (nSPS) is 15.4. The Bertz CT molecular complexity index is 1110. The molecule has 6 heteroatoms. The third kappa shape index (κ3) is 3.24. The number of benzene rings is 2. The molecule has 6 nitrogen and oxygen atoms in total. The van der Waals surface area contributed by atoms with E-state index in [1.165, 1.54) is 16.7 Å². The first kappa shape index (κ1) is 19.1. The summed E-state index contributed by atoms with van der Waals surface area (Å²) in [6.45, 7) is 4.44. The molecule has 150 valence electrons. The number of carbonyl (C=O) groups excluding carboxylic acids is 1. The van der Waals surface area contributed by atoms with Gasteiger partial charge in [-0.1, -0.05) is 24.3 Å². The molecule has 1 aliphatic rings. The first-order valence-corrected chi connectivity index (χ1v) is 9.71. The Morgan fingerprint density at radius 2 is 1.86 bits per heavy atom. The maximum atomic E-state index is 12.1. The molecule has 1 amide bonds. The Morgan fingerprint density at radius 3 is 2.52 bits per heavy atom. The van der Waals surface area contributed by atoms with Crippen molar-refractivity contribution in [1.29, 1.82) is 0 Å². The van der Waals surface area contributed by atoms with Gasteiger partial charge in [0.1, 0.15) is 5.75 Å². The molecular formula is C23H24N2O4. The Kier molecular flexibility index (Phi) is 4.78. The maximum Gasteiger partial charge on any atom is 0.341 e. The summed E-state index contributed by atoms with van der Waals surface area (Å²) in [5.41, 5.74) is 12.3. The number of nitrogens with two attached hydrogens (primary N) is 1. The van der Waals surface area contributed by atoms with E-state index < -0.39 is 12.6 Å². The summed E-state index contributed by atoms with van der Waals surface area (Å²) in [7, 11) is 0. The van der Waals surface area contributed by atoms with E-state index in [1.54, 1.807) is 6.07 Å². The second kappa shape index (κ2) is 7.28. The van der Waals surface area contributed by atoms with Crippen molar-refractivity contribution in [3.05, 3.63) is 64.3 Å². The van der Waals surface area contributed by atoms with Crippen LogP contribution in [0.4, 0.5) is 0 Å². The van der Waals surface area contributed by atoms with Crippen molar-refractivity contribution >= 4 is 22.8 Å². The highest BCUT2D eigenvalue weighted by Crippen LogP contribution is 2.44. The maximum absolute atomic E-state index is 12.1. The zero-order chi connectivity index (χ0) is 20.7. The molecule has 1 aliphatic carbocycles. The zero-order valence-corrected chi connectivity index (χ0v) is 16.6. The van der Waals surface area contributed by atoms with Gasteiger partial charge in [-0.3, -0.25) is 4.79 Å². The summed E-state index contributed by atoms with van der Waals surface area (Å²) in [5.74, 6) is -1.31. The van der Waals surface area contributed by atoms with Gasteiger partial charge >= 0.3 is 5.97 Å². The van der Waals surface area contributed by atoms with Crippen LogP contribution < -0.4 is 10.5 Å². The van der Waals surface area contributed by atoms with E-state index in [4.69, 9.17) is 15.6 Å². The van der Waals surface area contributed by atoms with E-state index in [1.807, 2.05) is 18.2 Å². The molecule has 1 aromatic heterocycles. The molecule has 0 saturated carbocycles. The van der Waals surface area contributed by atoms with Crippen LogP contribution in [0, 0.1) is 13.8 Å². The minimum absolute atomic E-state index is 0.358. The number of carboxylic acid groups (broad SMARTS) is 1. The fourth-order valence-electron chi connectivity index (χ4n) is 4.50. The molecule has 4 rings (SSSR count). The van der Waals surface area contributed by atoms with Crippen molar-refractivity contribution in [3.63, 3.8) is 0 Å². The molecule has 29 heavy (non-hydrogen) atoms. The number of ether oxygens (including phenoxy) is 1. The number of carboxylic acids is 1. The van der Waals surface area contributed by atoms with E-state index >= 15 is 0 Å². The van der Waals surface area contributed by atoms with Crippen molar-refractivity contribution in [1.82, 2.24) is 4.57 Å². The van der Waals surface area contributed by atoms with E-state index in [-0.39, 0.29) is 11.8 Å². The Morgan fingerprint density at radius 1 is 1.17 bits per heavy atom. The second-order valence-electron chi connectivity index (χ2n) is 7.64. The molecular weight excluding hydrogens is 368 g/mol. The van der Waals surface area contributed by atoms with E-state index in [0.29, 0.717) is 18.7 Å². The third-order valence-corrected chi connectivity index (χ3v) is 5.87. The monoisotopic (exact) mass is 392 g/mol. The van der Waals surface area contributed by atoms with Gasteiger partial charge in [-0.25, -0.2) is 4.79 Å². The summed E-state index contributed by atoms with van der Waals surface area (Å²) in [6.07, 6.45) is 1.41. The molecule has 3 N–H and O–H groups in total. The van der Waals surface area contributed by atoms with Crippen LogP contribution in [-0.2, 0) is 22.6 Å². The molecule has 0 fully saturated rings. The predicted molar refractivity (Wildman–Crippen MR) is 110 cm³/mol. The van der Waals surface area contributed by atoms with E-state index in [0.717, 1.165) is 28.6 Å². The summed E-state index contributed by atoms with van der Waals surface area (Å²) in [5, 5.41) is 9.84. The molecule has 0 radical (unpaired) electrons. The number of amides is 1. The number of fused-ring (bicyclic) bond motifs is 3. The van der Waals surface area contributed by atoms with Crippen molar-refractivity contribution in [2.45, 2.75) is 39.2 Å². The van der Waals surface area contributed by atoms with Gasteiger partial charge in [0.2, 0.25) is 5.91 Å². The summed E-state index contributed by atoms with van der Waals surface area (Å²) in [4.78, 5) is 23.2. The van der Waals surface area contributed by atoms with Crippen molar-refractivity contribution in [2.24, 2.45) is 5.73 Å². The highest BCUT2D eigenvalue weighted by atomic mass is 16.5. The van der Waals surface area contributed by atoms with Crippen LogP contribution in [0.5, 0.6) is 5.75 Å². The van der Waals surface area contributed by atoms with Crippen LogP contribution in [0.25, 0.3) is 10.9 Å². The minimum Gasteiger partial charge on any atom is -0.481 e. The van der Waals surface area contributed by atoms with Crippen molar-refractivity contribution in [3.8, 4) is 5.75 Å². The summed E-state index contributed by atoms with van der Waals surface area (Å²) < 4.78 is 7.81. The molecule has 2 aromatic carbocycles. The fraction of sp³-hybridized carbons (Fsp3) is 0.304. The number of hydrogen-bond donors (Lipinski definition) is 2. The molecule has 0 saturated heterocycles. The van der Waals surface area contributed by atoms with Gasteiger partial charge in [-0.2, -0.15) is 0 Å². The van der Waals surface area contributed by atoms with Gasteiger partial charge in [0.05, 0.1) is 11.4 Å². The van der Waals surface area contributed by atoms with Crippen LogP contribution in [0.1, 0.15) is 40.3 Å². The first-order valence-electron chi connectivity index (χ1n) is 9.71. The minimum atomic E-state index is -1.04. The highest BCUT2D eigenvalue weighted by molar-refractivity contribution is 5.97. The van der Waals surface area contributed by atoms with Gasteiger partial charge in [0.25, 0.3) is 0 Å². The quantitative estimate of drug-likeness (QED) is 0.673. The number of nitrogens with zero attached hydrogens (tertiary/aromatic N) is 1. The van der Waals surface area contributed by atoms with Gasteiger partial charge in [0.15, 0.2) is 6.61 Å². The average Bonchev–Trinajstić information content (AvgIpc) is 3.22. The summed E-state index contributed by atoms with van der Waals surface area (Å²) in [6, 6.07) is 11.9. The fourth-order valence-corrected chi connectivity index (χ4v) is 4.50. The van der Waals surface area contributed by atoms with Gasteiger partial charge in [-0.15, -0.1) is 0 Å². The lowest BCUT2D eigenvalue weighted by atomic mass is 9.99. The number of aliphatic carboxylic acids is 1. The molecule has 1 heterocycles. The number of carbonyl (C=O) groups is 2. The number of hydrogen-bond acceptors (Lipinski definition) is 3. The number of aryl methyl sites for hydroxylation is 2. The molecule has 1 unspecified atom stereocenters. The Labute approximate surface area is 168 Å². The van der Waals surface area contributed by atoms with E-state index in [2.05, 4.69) is 30.5 Å². The van der Waals surface area contributed by atoms with Crippen LogP contribution in [-0.4, -0.2) is 28.2 Å². The largest absolute Gasteiger partial charge is 0.481 e. The smallest absolute Gasteiger partial charge is 0.341 e. The van der Waals surface area contributed by atoms with E-state index in [9.17, 15) is 9.59 Å². The van der Waals surface area contributed by atoms with Crippen molar-refractivity contribution in [2.75, 3.05) is 6.61 Å². The highest BCUT2D eigenvalue weighted by Gasteiger charge is 2.34. The van der Waals surface area contributed by atoms with Gasteiger partial charge < -0.3 is 20.1 Å². The number of rotatable bonds is 6.